The van der Waals surface area contributed by atoms with E-state index in [4.69, 9.17) is 5.21 Å². The second-order valence-corrected chi connectivity index (χ2v) is 5.42. The number of oxime groups is 1. The lowest BCUT2D eigenvalue weighted by Gasteiger charge is -1.99. The van der Waals surface area contributed by atoms with Crippen LogP contribution in [0.4, 0.5) is 5.13 Å². The summed E-state index contributed by atoms with van der Waals surface area (Å²) in [6, 6.07) is 3.83. The number of carbonyl (C=O) groups is 1. The first-order valence-corrected chi connectivity index (χ1v) is 6.92. The molecular formula is C11H11N3O2S2. The molecule has 2 heterocycles. The smallest absolute Gasteiger partial charge is 0.231 e. The molecule has 0 aromatic carbocycles. The summed E-state index contributed by atoms with van der Waals surface area (Å²) in [5, 5.41) is 18.6. The Labute approximate surface area is 112 Å². The molecule has 0 fully saturated rings. The summed E-state index contributed by atoms with van der Waals surface area (Å²) in [5.74, 6) is -0.100. The zero-order chi connectivity index (χ0) is 13.0. The zero-order valence-corrected chi connectivity index (χ0v) is 11.2. The van der Waals surface area contributed by atoms with Crippen molar-refractivity contribution in [3.05, 3.63) is 33.5 Å². The van der Waals surface area contributed by atoms with Crippen LogP contribution in [0.3, 0.4) is 0 Å². The molecular weight excluding hydrogens is 270 g/mol. The van der Waals surface area contributed by atoms with E-state index in [9.17, 15) is 4.79 Å². The number of nitrogens with zero attached hydrogens (tertiary/aromatic N) is 2. The molecule has 0 unspecified atom stereocenters. The van der Waals surface area contributed by atoms with Crippen molar-refractivity contribution in [2.75, 3.05) is 5.32 Å². The SMILES string of the molecule is C/C(=N\O)c1csc(NC(=O)Cc2cccs2)n1. The number of nitrogens with one attached hydrogen (secondary N) is 1. The van der Waals surface area contributed by atoms with Crippen LogP contribution in [-0.2, 0) is 11.2 Å². The molecule has 0 atom stereocenters. The molecule has 0 radical (unpaired) electrons. The normalized spacial score (nSPS) is 11.5. The highest BCUT2D eigenvalue weighted by molar-refractivity contribution is 7.14. The molecule has 94 valence electrons. The lowest BCUT2D eigenvalue weighted by molar-refractivity contribution is -0.115. The molecule has 1 amide bonds. The van der Waals surface area contributed by atoms with Gasteiger partial charge in [-0.05, 0) is 18.4 Å². The third-order valence-electron chi connectivity index (χ3n) is 2.19. The van der Waals surface area contributed by atoms with Crippen molar-refractivity contribution in [1.29, 1.82) is 0 Å². The Morgan fingerprint density at radius 2 is 2.39 bits per heavy atom. The summed E-state index contributed by atoms with van der Waals surface area (Å²) < 4.78 is 0. The average molecular weight is 281 g/mol. The molecule has 18 heavy (non-hydrogen) atoms. The molecule has 5 nitrogen and oxygen atoms in total. The average Bonchev–Trinajstić information content (AvgIpc) is 2.99. The zero-order valence-electron chi connectivity index (χ0n) is 9.58. The molecule has 7 heteroatoms. The van der Waals surface area contributed by atoms with Gasteiger partial charge in [-0.2, -0.15) is 0 Å². The van der Waals surface area contributed by atoms with E-state index in [2.05, 4.69) is 15.5 Å². The largest absolute Gasteiger partial charge is 0.411 e. The van der Waals surface area contributed by atoms with Crippen LogP contribution >= 0.6 is 22.7 Å². The maximum Gasteiger partial charge on any atom is 0.231 e. The number of carbonyl (C=O) groups excluding carboxylic acids is 1. The number of aromatic nitrogens is 1. The lowest BCUT2D eigenvalue weighted by Crippen LogP contribution is -2.13. The molecule has 2 N–H and O–H groups in total. The van der Waals surface area contributed by atoms with Gasteiger partial charge in [-0.25, -0.2) is 4.98 Å². The summed E-state index contributed by atoms with van der Waals surface area (Å²) in [5.41, 5.74) is 0.985. The second kappa shape index (κ2) is 5.74. The lowest BCUT2D eigenvalue weighted by atomic mass is 10.3. The van der Waals surface area contributed by atoms with Gasteiger partial charge in [0.15, 0.2) is 5.13 Å². The Hall–Kier alpha value is -1.73. The Balaban J connectivity index is 1.97. The molecule has 0 saturated heterocycles. The van der Waals surface area contributed by atoms with E-state index in [0.717, 1.165) is 4.88 Å². The summed E-state index contributed by atoms with van der Waals surface area (Å²) in [4.78, 5) is 16.9. The fourth-order valence-electron chi connectivity index (χ4n) is 1.28. The molecule has 2 rings (SSSR count). The number of amides is 1. The minimum absolute atomic E-state index is 0.100. The van der Waals surface area contributed by atoms with Gasteiger partial charge in [-0.1, -0.05) is 11.2 Å². The number of hydrogen-bond donors (Lipinski definition) is 2. The number of anilines is 1. The molecule has 0 bridgehead atoms. The Morgan fingerprint density at radius 3 is 3.06 bits per heavy atom. The summed E-state index contributed by atoms with van der Waals surface area (Å²) in [6.07, 6.45) is 0.347. The maximum atomic E-state index is 11.7. The summed E-state index contributed by atoms with van der Waals surface area (Å²) >= 11 is 2.85. The van der Waals surface area contributed by atoms with Gasteiger partial charge in [0.25, 0.3) is 0 Å². The van der Waals surface area contributed by atoms with Gasteiger partial charge in [0.05, 0.1) is 6.42 Å². The molecule has 0 spiro atoms. The maximum absolute atomic E-state index is 11.7. The predicted octanol–water partition coefficient (Wildman–Crippen LogP) is 2.58. The van der Waals surface area contributed by atoms with Crippen LogP contribution in [-0.4, -0.2) is 21.8 Å². The predicted molar refractivity (Wildman–Crippen MR) is 72.8 cm³/mol. The van der Waals surface area contributed by atoms with Crippen LogP contribution in [0.15, 0.2) is 28.0 Å². The summed E-state index contributed by atoms with van der Waals surface area (Å²) in [6.45, 7) is 1.65. The number of hydrogen-bond acceptors (Lipinski definition) is 6. The van der Waals surface area contributed by atoms with Gasteiger partial charge >= 0.3 is 0 Å². The van der Waals surface area contributed by atoms with Crippen molar-refractivity contribution in [3.63, 3.8) is 0 Å². The van der Waals surface area contributed by atoms with Gasteiger partial charge in [0.1, 0.15) is 11.4 Å². The number of rotatable bonds is 4. The van der Waals surface area contributed by atoms with E-state index in [0.29, 0.717) is 23.0 Å². The molecule has 2 aromatic heterocycles. The van der Waals surface area contributed by atoms with Crippen molar-refractivity contribution in [1.82, 2.24) is 4.98 Å². The van der Waals surface area contributed by atoms with Gasteiger partial charge < -0.3 is 10.5 Å². The highest BCUT2D eigenvalue weighted by atomic mass is 32.1. The van der Waals surface area contributed by atoms with Gasteiger partial charge in [-0.15, -0.1) is 22.7 Å². The fraction of sp³-hybridized carbons (Fsp3) is 0.182. The third-order valence-corrected chi connectivity index (χ3v) is 3.82. The van der Waals surface area contributed by atoms with E-state index in [-0.39, 0.29) is 5.91 Å². The van der Waals surface area contributed by atoms with Crippen molar-refractivity contribution in [3.8, 4) is 0 Å². The Kier molecular flexibility index (Phi) is 4.06. The van der Waals surface area contributed by atoms with Crippen molar-refractivity contribution >= 4 is 39.4 Å². The van der Waals surface area contributed by atoms with Crippen LogP contribution in [0.2, 0.25) is 0 Å². The van der Waals surface area contributed by atoms with Crippen molar-refractivity contribution in [2.24, 2.45) is 5.16 Å². The first-order valence-electron chi connectivity index (χ1n) is 5.16. The fourth-order valence-corrected chi connectivity index (χ4v) is 2.76. The number of thiazole rings is 1. The second-order valence-electron chi connectivity index (χ2n) is 3.53. The molecule has 0 aliphatic rings. The van der Waals surface area contributed by atoms with Crippen molar-refractivity contribution < 1.29 is 10.0 Å². The first kappa shape index (κ1) is 12.7. The highest BCUT2D eigenvalue weighted by Crippen LogP contribution is 2.17. The standard InChI is InChI=1S/C11H11N3O2S2/c1-7(14-16)9-6-18-11(12-9)13-10(15)5-8-3-2-4-17-8/h2-4,6,16H,5H2,1H3,(H,12,13,15)/b14-7+. The molecule has 0 saturated carbocycles. The van der Waals surface area contributed by atoms with E-state index < -0.39 is 0 Å². The van der Waals surface area contributed by atoms with Gasteiger partial charge in [0, 0.05) is 10.3 Å². The summed E-state index contributed by atoms with van der Waals surface area (Å²) in [7, 11) is 0. The van der Waals surface area contributed by atoms with Crippen LogP contribution in [0, 0.1) is 0 Å². The van der Waals surface area contributed by atoms with Crippen LogP contribution in [0.5, 0.6) is 0 Å². The Morgan fingerprint density at radius 1 is 1.56 bits per heavy atom. The van der Waals surface area contributed by atoms with Gasteiger partial charge in [-0.3, -0.25) is 4.79 Å². The molecule has 0 aliphatic carbocycles. The van der Waals surface area contributed by atoms with Crippen molar-refractivity contribution in [2.45, 2.75) is 13.3 Å². The topological polar surface area (TPSA) is 74.6 Å². The van der Waals surface area contributed by atoms with E-state index >= 15 is 0 Å². The number of thiophene rings is 1. The minimum atomic E-state index is -0.100. The van der Waals surface area contributed by atoms with E-state index in [1.165, 1.54) is 11.3 Å². The monoisotopic (exact) mass is 281 g/mol. The first-order chi connectivity index (χ1) is 8.69. The molecule has 2 aromatic rings. The Bertz CT molecular complexity index is 561. The van der Waals surface area contributed by atoms with E-state index in [1.807, 2.05) is 17.5 Å². The van der Waals surface area contributed by atoms with Crippen LogP contribution in [0.1, 0.15) is 17.5 Å². The molecule has 0 aliphatic heterocycles. The minimum Gasteiger partial charge on any atom is -0.411 e. The van der Waals surface area contributed by atoms with Gasteiger partial charge in [0.2, 0.25) is 5.91 Å². The van der Waals surface area contributed by atoms with E-state index in [1.54, 1.807) is 23.6 Å². The quantitative estimate of drug-likeness (QED) is 0.514. The highest BCUT2D eigenvalue weighted by Gasteiger charge is 2.09. The van der Waals surface area contributed by atoms with Crippen LogP contribution in [0.25, 0.3) is 0 Å². The third kappa shape index (κ3) is 3.14. The van der Waals surface area contributed by atoms with Crippen LogP contribution < -0.4 is 5.32 Å².